The van der Waals surface area contributed by atoms with E-state index in [-0.39, 0.29) is 48.6 Å². The third-order valence-electron chi connectivity index (χ3n) is 6.43. The number of nitrogens with one attached hydrogen (secondary N) is 2. The lowest BCUT2D eigenvalue weighted by Gasteiger charge is -2.19. The van der Waals surface area contributed by atoms with E-state index in [1.807, 2.05) is 38.1 Å². The van der Waals surface area contributed by atoms with Gasteiger partial charge in [-0.1, -0.05) is 24.3 Å². The van der Waals surface area contributed by atoms with E-state index in [1.165, 1.54) is 4.90 Å². The van der Waals surface area contributed by atoms with Gasteiger partial charge in [-0.25, -0.2) is 0 Å². The molecule has 2 bridgehead atoms. The number of rotatable bonds is 9. The van der Waals surface area contributed by atoms with Gasteiger partial charge >= 0.3 is 0 Å². The lowest BCUT2D eigenvalue weighted by atomic mass is 9.85. The number of hydrogen-bond donors (Lipinski definition) is 3. The number of imide groups is 1. The fourth-order valence-electron chi connectivity index (χ4n) is 4.96. The SMILES string of the molecule is CCNC(=NCC(O)COc1cccc(C)c1)NCCN1C(=O)C2C3C=CC(C3)C2C1=O. The number of aliphatic imine (C=N–C) groups is 1. The van der Waals surface area contributed by atoms with Gasteiger partial charge in [-0.05, 0) is 49.8 Å². The molecule has 3 N–H and O–H groups in total. The Morgan fingerprint density at radius 3 is 2.59 bits per heavy atom. The molecular weight excluding hydrogens is 408 g/mol. The predicted molar refractivity (Wildman–Crippen MR) is 121 cm³/mol. The molecule has 1 saturated carbocycles. The van der Waals surface area contributed by atoms with Crippen molar-refractivity contribution in [1.82, 2.24) is 15.5 Å². The molecule has 4 rings (SSSR count). The first-order valence-electron chi connectivity index (χ1n) is 11.4. The molecule has 1 aromatic carbocycles. The van der Waals surface area contributed by atoms with Gasteiger partial charge in [0.25, 0.3) is 0 Å². The summed E-state index contributed by atoms with van der Waals surface area (Å²) in [6, 6.07) is 7.66. The number of aliphatic hydroxyl groups excluding tert-OH is 1. The zero-order chi connectivity index (χ0) is 22.7. The van der Waals surface area contributed by atoms with Crippen molar-refractivity contribution in [2.24, 2.45) is 28.7 Å². The number of aryl methyl sites for hydroxylation is 1. The van der Waals surface area contributed by atoms with Crippen LogP contribution in [0.5, 0.6) is 5.75 Å². The summed E-state index contributed by atoms with van der Waals surface area (Å²) in [5.41, 5.74) is 1.09. The van der Waals surface area contributed by atoms with Crippen LogP contribution in [-0.2, 0) is 9.59 Å². The molecule has 8 nitrogen and oxygen atoms in total. The van der Waals surface area contributed by atoms with Gasteiger partial charge in [-0.15, -0.1) is 0 Å². The Morgan fingerprint density at radius 1 is 1.22 bits per heavy atom. The maximum Gasteiger partial charge on any atom is 0.233 e. The van der Waals surface area contributed by atoms with Crippen molar-refractivity contribution in [3.05, 3.63) is 42.0 Å². The van der Waals surface area contributed by atoms with Crippen molar-refractivity contribution in [1.29, 1.82) is 0 Å². The molecule has 0 radical (unpaired) electrons. The van der Waals surface area contributed by atoms with Crippen LogP contribution in [0.15, 0.2) is 41.4 Å². The molecule has 32 heavy (non-hydrogen) atoms. The number of fused-ring (bicyclic) bond motifs is 5. The van der Waals surface area contributed by atoms with Crippen molar-refractivity contribution in [2.45, 2.75) is 26.4 Å². The Kier molecular flexibility index (Phi) is 6.79. The van der Waals surface area contributed by atoms with Gasteiger partial charge in [0.2, 0.25) is 11.8 Å². The van der Waals surface area contributed by atoms with E-state index in [1.54, 1.807) is 0 Å². The Balaban J connectivity index is 1.24. The molecule has 8 heteroatoms. The molecule has 3 aliphatic rings. The first-order chi connectivity index (χ1) is 15.5. The summed E-state index contributed by atoms with van der Waals surface area (Å²) in [5, 5.41) is 16.5. The first-order valence-corrected chi connectivity index (χ1v) is 11.4. The number of carbonyl (C=O) groups is 2. The van der Waals surface area contributed by atoms with E-state index < -0.39 is 6.10 Å². The largest absolute Gasteiger partial charge is 0.491 e. The van der Waals surface area contributed by atoms with Crippen molar-refractivity contribution in [3.63, 3.8) is 0 Å². The summed E-state index contributed by atoms with van der Waals surface area (Å²) in [6.45, 7) is 5.62. The smallest absolute Gasteiger partial charge is 0.233 e. The van der Waals surface area contributed by atoms with Gasteiger partial charge in [0.05, 0.1) is 18.4 Å². The zero-order valence-corrected chi connectivity index (χ0v) is 18.7. The molecule has 2 fully saturated rings. The standard InChI is InChI=1S/C24H32N4O4/c1-3-25-24(27-13-18(29)14-32-19-6-4-5-15(2)11-19)26-9-10-28-22(30)20-16-7-8-17(12-16)21(20)23(28)31/h4-8,11,16-18,20-21,29H,3,9-10,12-14H2,1-2H3,(H2,25,26,27). The van der Waals surface area contributed by atoms with E-state index in [2.05, 4.69) is 27.8 Å². The van der Waals surface area contributed by atoms with Crippen LogP contribution < -0.4 is 15.4 Å². The first kappa shape index (κ1) is 22.3. The Labute approximate surface area is 188 Å². The number of carbonyl (C=O) groups excluding carboxylic acids is 2. The molecule has 2 aliphatic carbocycles. The molecular formula is C24H32N4O4. The Bertz CT molecular complexity index is 885. The molecule has 172 valence electrons. The number of amides is 2. The highest BCUT2D eigenvalue weighted by Gasteiger charge is 2.58. The number of allylic oxidation sites excluding steroid dienone is 2. The number of aliphatic hydroxyl groups is 1. The normalized spacial score (nSPS) is 27.1. The average molecular weight is 441 g/mol. The van der Waals surface area contributed by atoms with Crippen LogP contribution in [0.25, 0.3) is 0 Å². The van der Waals surface area contributed by atoms with Crippen molar-refractivity contribution in [2.75, 3.05) is 32.8 Å². The van der Waals surface area contributed by atoms with Crippen LogP contribution in [-0.4, -0.2) is 66.7 Å². The lowest BCUT2D eigenvalue weighted by Crippen LogP contribution is -2.44. The summed E-state index contributed by atoms with van der Waals surface area (Å²) < 4.78 is 5.62. The number of nitrogens with zero attached hydrogens (tertiary/aromatic N) is 2. The van der Waals surface area contributed by atoms with Crippen molar-refractivity contribution in [3.8, 4) is 5.75 Å². The van der Waals surface area contributed by atoms with Crippen LogP contribution in [0.4, 0.5) is 0 Å². The van der Waals surface area contributed by atoms with E-state index in [4.69, 9.17) is 4.74 Å². The van der Waals surface area contributed by atoms with Gasteiger partial charge in [0.1, 0.15) is 18.5 Å². The summed E-state index contributed by atoms with van der Waals surface area (Å²) in [7, 11) is 0. The molecule has 1 aromatic rings. The quantitative estimate of drug-likeness (QED) is 0.230. The van der Waals surface area contributed by atoms with Gasteiger partial charge in [-0.2, -0.15) is 0 Å². The molecule has 1 saturated heterocycles. The molecule has 5 atom stereocenters. The van der Waals surface area contributed by atoms with Gasteiger partial charge in [0, 0.05) is 19.6 Å². The van der Waals surface area contributed by atoms with Crippen LogP contribution in [0, 0.1) is 30.6 Å². The highest BCUT2D eigenvalue weighted by atomic mass is 16.5. The van der Waals surface area contributed by atoms with Crippen LogP contribution >= 0.6 is 0 Å². The topological polar surface area (TPSA) is 103 Å². The predicted octanol–water partition coefficient (Wildman–Crippen LogP) is 1.10. The summed E-state index contributed by atoms with van der Waals surface area (Å²) in [5.74, 6) is 1.29. The average Bonchev–Trinajstić information content (AvgIpc) is 3.46. The highest BCUT2D eigenvalue weighted by Crippen LogP contribution is 2.52. The second kappa shape index (κ2) is 9.73. The minimum atomic E-state index is -0.755. The van der Waals surface area contributed by atoms with Crippen LogP contribution in [0.1, 0.15) is 18.9 Å². The van der Waals surface area contributed by atoms with Gasteiger partial charge in [-0.3, -0.25) is 19.5 Å². The van der Waals surface area contributed by atoms with E-state index in [0.717, 1.165) is 12.0 Å². The second-order valence-electron chi connectivity index (χ2n) is 8.76. The third-order valence-corrected chi connectivity index (χ3v) is 6.43. The Morgan fingerprint density at radius 2 is 1.94 bits per heavy atom. The molecule has 0 spiro atoms. The Hall–Kier alpha value is -2.87. The fourth-order valence-corrected chi connectivity index (χ4v) is 4.96. The number of benzene rings is 1. The highest BCUT2D eigenvalue weighted by molar-refractivity contribution is 6.06. The summed E-state index contributed by atoms with van der Waals surface area (Å²) in [6.07, 6.45) is 4.38. The lowest BCUT2D eigenvalue weighted by molar-refractivity contribution is -0.140. The van der Waals surface area contributed by atoms with Gasteiger partial charge < -0.3 is 20.5 Å². The number of ether oxygens (including phenoxy) is 1. The molecule has 1 aliphatic heterocycles. The van der Waals surface area contributed by atoms with Crippen molar-refractivity contribution < 1.29 is 19.4 Å². The second-order valence-corrected chi connectivity index (χ2v) is 8.76. The number of guanidine groups is 1. The minimum absolute atomic E-state index is 0.0377. The van der Waals surface area contributed by atoms with Crippen LogP contribution in [0.2, 0.25) is 0 Å². The number of likely N-dealkylation sites (tertiary alicyclic amines) is 1. The number of hydrogen-bond acceptors (Lipinski definition) is 5. The fraction of sp³-hybridized carbons (Fsp3) is 0.542. The monoisotopic (exact) mass is 440 g/mol. The summed E-state index contributed by atoms with van der Waals surface area (Å²) in [4.78, 5) is 31.3. The molecule has 5 unspecified atom stereocenters. The van der Waals surface area contributed by atoms with Crippen molar-refractivity contribution >= 4 is 17.8 Å². The van der Waals surface area contributed by atoms with E-state index in [0.29, 0.717) is 31.3 Å². The maximum absolute atomic E-state index is 12.8. The minimum Gasteiger partial charge on any atom is -0.491 e. The van der Waals surface area contributed by atoms with E-state index in [9.17, 15) is 14.7 Å². The third kappa shape index (κ3) is 4.65. The van der Waals surface area contributed by atoms with E-state index >= 15 is 0 Å². The maximum atomic E-state index is 12.8. The molecule has 0 aromatic heterocycles. The van der Waals surface area contributed by atoms with Crippen LogP contribution in [0.3, 0.4) is 0 Å². The molecule has 1 heterocycles. The summed E-state index contributed by atoms with van der Waals surface area (Å²) >= 11 is 0. The zero-order valence-electron chi connectivity index (χ0n) is 18.7. The van der Waals surface area contributed by atoms with Gasteiger partial charge in [0.15, 0.2) is 5.96 Å². The molecule has 2 amide bonds.